The molecule has 1 saturated heterocycles. The van der Waals surface area contributed by atoms with Crippen LogP contribution >= 0.6 is 0 Å². The van der Waals surface area contributed by atoms with Crippen LogP contribution in [0.2, 0.25) is 0 Å². The van der Waals surface area contributed by atoms with E-state index in [0.29, 0.717) is 26.3 Å². The molecule has 0 aliphatic carbocycles. The first-order valence-electron chi connectivity index (χ1n) is 7.64. The monoisotopic (exact) mass is 290 g/mol. The van der Waals surface area contributed by atoms with E-state index in [4.69, 9.17) is 9.47 Å². The van der Waals surface area contributed by atoms with Crippen LogP contribution < -0.4 is 10.1 Å². The normalized spacial score (nSPS) is 19.4. The molecule has 1 aromatic carbocycles. The summed E-state index contributed by atoms with van der Waals surface area (Å²) in [6.07, 6.45) is 1.63. The van der Waals surface area contributed by atoms with Gasteiger partial charge in [0.1, 0.15) is 5.75 Å². The minimum absolute atomic E-state index is 0.0414. The van der Waals surface area contributed by atoms with Crippen molar-refractivity contribution in [2.75, 3.05) is 38.2 Å². The Hall–Kier alpha value is -1.75. The zero-order valence-corrected chi connectivity index (χ0v) is 12.4. The topological polar surface area (TPSA) is 50.8 Å². The molecule has 1 amide bonds. The molecule has 3 rings (SSSR count). The van der Waals surface area contributed by atoms with Crippen LogP contribution in [0.15, 0.2) is 18.2 Å². The average Bonchev–Trinajstić information content (AvgIpc) is 2.55. The molecule has 0 saturated carbocycles. The molecule has 2 aliphatic rings. The molecule has 1 unspecified atom stereocenters. The van der Waals surface area contributed by atoms with E-state index in [2.05, 4.69) is 11.4 Å². The van der Waals surface area contributed by atoms with Crippen LogP contribution in [0.3, 0.4) is 0 Å². The number of amides is 1. The number of anilines is 1. The van der Waals surface area contributed by atoms with Gasteiger partial charge in [0.15, 0.2) is 6.10 Å². The number of carbonyl (C=O) groups excluding carboxylic acids is 1. The number of nitrogens with one attached hydrogen (secondary N) is 1. The number of hydrogen-bond donors (Lipinski definition) is 1. The first kappa shape index (κ1) is 14.2. The van der Waals surface area contributed by atoms with Gasteiger partial charge in [0.05, 0.1) is 13.2 Å². The molecule has 0 bridgehead atoms. The number of hydrogen-bond acceptors (Lipinski definition) is 4. The smallest absolute Gasteiger partial charge is 0.263 e. The Morgan fingerprint density at radius 2 is 2.19 bits per heavy atom. The van der Waals surface area contributed by atoms with Crippen LogP contribution in [0.4, 0.5) is 5.69 Å². The van der Waals surface area contributed by atoms with Crippen molar-refractivity contribution >= 4 is 11.6 Å². The number of rotatable bonds is 3. The summed E-state index contributed by atoms with van der Waals surface area (Å²) < 4.78 is 11.2. The highest BCUT2D eigenvalue weighted by Gasteiger charge is 2.25. The van der Waals surface area contributed by atoms with Gasteiger partial charge in [0.2, 0.25) is 0 Å². The van der Waals surface area contributed by atoms with Gasteiger partial charge in [-0.3, -0.25) is 4.79 Å². The molecule has 1 atom stereocenters. The molecule has 0 radical (unpaired) electrons. The summed E-state index contributed by atoms with van der Waals surface area (Å²) in [5, 5.41) is 3.38. The Kier molecular flexibility index (Phi) is 4.29. The fourth-order valence-corrected chi connectivity index (χ4v) is 2.87. The van der Waals surface area contributed by atoms with Crippen molar-refractivity contribution in [2.24, 2.45) is 0 Å². The third-order valence-electron chi connectivity index (χ3n) is 4.03. The third-order valence-corrected chi connectivity index (χ3v) is 4.03. The van der Waals surface area contributed by atoms with Crippen LogP contribution in [0.1, 0.15) is 18.9 Å². The highest BCUT2D eigenvalue weighted by molar-refractivity contribution is 5.81. The van der Waals surface area contributed by atoms with Gasteiger partial charge in [0, 0.05) is 30.9 Å². The largest absolute Gasteiger partial charge is 0.481 e. The van der Waals surface area contributed by atoms with Crippen LogP contribution in [-0.2, 0) is 16.0 Å². The second-order valence-electron chi connectivity index (χ2n) is 5.51. The number of carbonyl (C=O) groups is 1. The lowest BCUT2D eigenvalue weighted by molar-refractivity contribution is -0.142. The summed E-state index contributed by atoms with van der Waals surface area (Å²) in [6.45, 7) is 5.36. The van der Waals surface area contributed by atoms with Crippen LogP contribution in [-0.4, -0.2) is 49.8 Å². The number of fused-ring (bicyclic) bond motifs is 1. The summed E-state index contributed by atoms with van der Waals surface area (Å²) in [5.41, 5.74) is 2.31. The molecule has 2 aliphatic heterocycles. The van der Waals surface area contributed by atoms with E-state index < -0.39 is 6.10 Å². The summed E-state index contributed by atoms with van der Waals surface area (Å²) in [5.74, 6) is 0.869. The quantitative estimate of drug-likeness (QED) is 0.920. The van der Waals surface area contributed by atoms with Crippen LogP contribution in [0.25, 0.3) is 0 Å². The number of nitrogens with zero attached hydrogens (tertiary/aromatic N) is 1. The maximum absolute atomic E-state index is 12.4. The Bertz CT molecular complexity index is 512. The van der Waals surface area contributed by atoms with Crippen LogP contribution in [0.5, 0.6) is 5.75 Å². The molecule has 21 heavy (non-hydrogen) atoms. The zero-order chi connectivity index (χ0) is 14.7. The molecule has 1 N–H and O–H groups in total. The molecular formula is C16H22N2O3. The van der Waals surface area contributed by atoms with Gasteiger partial charge in [-0.1, -0.05) is 6.07 Å². The maximum atomic E-state index is 12.4. The van der Waals surface area contributed by atoms with Crippen molar-refractivity contribution in [2.45, 2.75) is 25.9 Å². The number of morpholine rings is 1. The van der Waals surface area contributed by atoms with Crippen molar-refractivity contribution in [3.05, 3.63) is 23.8 Å². The van der Waals surface area contributed by atoms with E-state index in [1.807, 2.05) is 24.0 Å². The number of benzene rings is 1. The van der Waals surface area contributed by atoms with E-state index in [0.717, 1.165) is 30.8 Å². The molecule has 2 heterocycles. The van der Waals surface area contributed by atoms with Gasteiger partial charge in [0.25, 0.3) is 5.91 Å². The van der Waals surface area contributed by atoms with E-state index in [1.165, 1.54) is 5.56 Å². The fourth-order valence-electron chi connectivity index (χ4n) is 2.87. The summed E-state index contributed by atoms with van der Waals surface area (Å²) >= 11 is 0. The molecule has 0 aromatic heterocycles. The highest BCUT2D eigenvalue weighted by atomic mass is 16.5. The molecule has 5 nitrogen and oxygen atoms in total. The number of ether oxygens (including phenoxy) is 2. The lowest BCUT2D eigenvalue weighted by Crippen LogP contribution is -2.46. The second kappa shape index (κ2) is 6.35. The van der Waals surface area contributed by atoms with Crippen molar-refractivity contribution in [1.82, 2.24) is 4.90 Å². The second-order valence-corrected chi connectivity index (χ2v) is 5.51. The first-order valence-corrected chi connectivity index (χ1v) is 7.64. The standard InChI is InChI=1S/C16H22N2O3/c1-12(16(19)18-8-10-20-11-9-18)21-15-6-2-5-14-13(15)4-3-7-17-14/h2,5-6,12,17H,3-4,7-11H2,1H3. The minimum atomic E-state index is -0.462. The average molecular weight is 290 g/mol. The van der Waals surface area contributed by atoms with E-state index in [1.54, 1.807) is 0 Å². The predicted octanol–water partition coefficient (Wildman–Crippen LogP) is 1.67. The Balaban J connectivity index is 1.69. The molecule has 114 valence electrons. The van der Waals surface area contributed by atoms with Gasteiger partial charge < -0.3 is 19.7 Å². The SMILES string of the molecule is CC(Oc1cccc2c1CCCN2)C(=O)N1CCOCC1. The first-order chi connectivity index (χ1) is 10.3. The third kappa shape index (κ3) is 3.13. The summed E-state index contributed by atoms with van der Waals surface area (Å²) in [6, 6.07) is 5.99. The van der Waals surface area contributed by atoms with E-state index >= 15 is 0 Å². The molecule has 1 fully saturated rings. The van der Waals surface area contributed by atoms with Crippen molar-refractivity contribution in [3.8, 4) is 5.75 Å². The zero-order valence-electron chi connectivity index (χ0n) is 12.4. The molecular weight excluding hydrogens is 268 g/mol. The van der Waals surface area contributed by atoms with Crippen molar-refractivity contribution < 1.29 is 14.3 Å². The van der Waals surface area contributed by atoms with Gasteiger partial charge in [-0.2, -0.15) is 0 Å². The van der Waals surface area contributed by atoms with Gasteiger partial charge in [-0.05, 0) is 31.9 Å². The molecule has 1 aromatic rings. The Morgan fingerprint density at radius 1 is 1.38 bits per heavy atom. The summed E-state index contributed by atoms with van der Waals surface area (Å²) in [4.78, 5) is 14.2. The molecule has 0 spiro atoms. The Labute approximate surface area is 125 Å². The predicted molar refractivity (Wildman–Crippen MR) is 80.7 cm³/mol. The summed E-state index contributed by atoms with van der Waals surface area (Å²) in [7, 11) is 0. The molecule has 5 heteroatoms. The van der Waals surface area contributed by atoms with Gasteiger partial charge >= 0.3 is 0 Å². The van der Waals surface area contributed by atoms with Gasteiger partial charge in [-0.25, -0.2) is 0 Å². The van der Waals surface area contributed by atoms with Crippen molar-refractivity contribution in [1.29, 1.82) is 0 Å². The van der Waals surface area contributed by atoms with E-state index in [9.17, 15) is 4.79 Å². The van der Waals surface area contributed by atoms with Crippen molar-refractivity contribution in [3.63, 3.8) is 0 Å². The Morgan fingerprint density at radius 3 is 3.00 bits per heavy atom. The van der Waals surface area contributed by atoms with Gasteiger partial charge in [-0.15, -0.1) is 0 Å². The lowest BCUT2D eigenvalue weighted by Gasteiger charge is -2.30. The highest BCUT2D eigenvalue weighted by Crippen LogP contribution is 2.31. The van der Waals surface area contributed by atoms with E-state index in [-0.39, 0.29) is 5.91 Å². The van der Waals surface area contributed by atoms with Crippen LogP contribution in [0, 0.1) is 0 Å². The fraction of sp³-hybridized carbons (Fsp3) is 0.562. The minimum Gasteiger partial charge on any atom is -0.481 e. The lowest BCUT2D eigenvalue weighted by atomic mass is 10.0. The maximum Gasteiger partial charge on any atom is 0.263 e.